The van der Waals surface area contributed by atoms with E-state index in [4.69, 9.17) is 33.2 Å². The first kappa shape index (κ1) is 26.7. The maximum Gasteiger partial charge on any atom is 0.310 e. The number of fused-ring (bicyclic) bond motifs is 3. The van der Waals surface area contributed by atoms with E-state index in [1.807, 2.05) is 0 Å². The number of cyclic esters (lactones) is 1. The Morgan fingerprint density at radius 2 is 1.70 bits per heavy atom. The van der Waals surface area contributed by atoms with Crippen LogP contribution in [0.4, 0.5) is 0 Å². The molecule has 216 valence electrons. The average Bonchev–Trinajstić information content (AvgIpc) is 3.58. The molecule has 0 saturated carbocycles. The highest BCUT2D eigenvalue weighted by molar-refractivity contribution is 5.79. The molecule has 0 bridgehead atoms. The van der Waals surface area contributed by atoms with Crippen LogP contribution in [-0.4, -0.2) is 96.4 Å². The lowest BCUT2D eigenvalue weighted by atomic mass is 9.67. The first-order valence-electron chi connectivity index (χ1n) is 12.8. The molecule has 3 heterocycles. The Bertz CT molecular complexity index is 1280. The predicted octanol–water partition coefficient (Wildman–Crippen LogP) is -0.206. The molecule has 3 aliphatic heterocycles. The van der Waals surface area contributed by atoms with Crippen molar-refractivity contribution in [2.24, 2.45) is 11.8 Å². The van der Waals surface area contributed by atoms with Crippen molar-refractivity contribution in [3.63, 3.8) is 0 Å². The number of esters is 1. The fourth-order valence-electron chi connectivity index (χ4n) is 6.07. The fraction of sp³-hybridized carbons (Fsp3) is 0.519. The van der Waals surface area contributed by atoms with Crippen LogP contribution in [0.3, 0.4) is 0 Å². The van der Waals surface area contributed by atoms with Gasteiger partial charge in [0.25, 0.3) is 0 Å². The number of rotatable bonds is 6. The summed E-state index contributed by atoms with van der Waals surface area (Å²) in [6.07, 6.45) is -7.15. The number of hydrogen-bond donors (Lipinski definition) is 5. The summed E-state index contributed by atoms with van der Waals surface area (Å²) in [5, 5.41) is 51.3. The second-order valence-corrected chi connectivity index (χ2v) is 10.2. The van der Waals surface area contributed by atoms with E-state index in [-0.39, 0.29) is 54.0 Å². The van der Waals surface area contributed by atoms with Gasteiger partial charge >= 0.3 is 5.97 Å². The van der Waals surface area contributed by atoms with Crippen molar-refractivity contribution < 1.29 is 63.5 Å². The van der Waals surface area contributed by atoms with Gasteiger partial charge in [0.05, 0.1) is 33.4 Å². The standard InChI is InChI=1S/C27H30O13/c1-34-14-4-10(5-15(35-2)20(14)29)18-12-6-16-25(38-9-37-16)24(13(12)3-11-8-36-26(33)19(11)18)40-27-23(32)22(31)21(30)17(7-28)39-27/h4-6,11,17-19,21-23,27-32H,3,7-9H2,1-2H3/t11-,17+,18+,19+,21-,22-,23-,27-/m1/s1. The molecule has 0 aromatic heterocycles. The molecule has 0 unspecified atom stereocenters. The second kappa shape index (κ2) is 10.2. The minimum Gasteiger partial charge on any atom is -0.502 e. The quantitative estimate of drug-likeness (QED) is 0.292. The number of phenolic OH excluding ortho intramolecular Hbond substituents is 1. The lowest BCUT2D eigenvalue weighted by Gasteiger charge is -2.40. The number of hydrogen-bond acceptors (Lipinski definition) is 13. The molecule has 0 spiro atoms. The molecule has 2 aromatic rings. The van der Waals surface area contributed by atoms with Crippen molar-refractivity contribution in [1.82, 2.24) is 0 Å². The first-order chi connectivity index (χ1) is 19.3. The molecule has 13 heteroatoms. The molecule has 2 aromatic carbocycles. The van der Waals surface area contributed by atoms with E-state index in [9.17, 15) is 30.3 Å². The van der Waals surface area contributed by atoms with Crippen LogP contribution in [0.15, 0.2) is 18.2 Å². The summed E-state index contributed by atoms with van der Waals surface area (Å²) >= 11 is 0. The largest absolute Gasteiger partial charge is 0.502 e. The Labute approximate surface area is 228 Å². The Balaban J connectivity index is 1.50. The molecule has 0 amide bonds. The minimum atomic E-state index is -1.65. The molecule has 5 N–H and O–H groups in total. The zero-order chi connectivity index (χ0) is 28.3. The number of carbonyl (C=O) groups is 1. The first-order valence-corrected chi connectivity index (χ1v) is 12.8. The van der Waals surface area contributed by atoms with E-state index in [1.54, 1.807) is 18.2 Å². The van der Waals surface area contributed by atoms with Gasteiger partial charge in [0.15, 0.2) is 23.0 Å². The summed E-state index contributed by atoms with van der Waals surface area (Å²) in [6.45, 7) is -0.561. The number of benzene rings is 2. The third-order valence-electron chi connectivity index (χ3n) is 8.08. The lowest BCUT2D eigenvalue weighted by Crippen LogP contribution is -2.60. The lowest BCUT2D eigenvalue weighted by molar-refractivity contribution is -0.277. The maximum atomic E-state index is 13.0. The molecule has 6 rings (SSSR count). The molecule has 0 radical (unpaired) electrons. The zero-order valence-corrected chi connectivity index (χ0v) is 21.7. The van der Waals surface area contributed by atoms with Gasteiger partial charge in [-0.2, -0.15) is 0 Å². The van der Waals surface area contributed by atoms with Crippen molar-refractivity contribution in [2.45, 2.75) is 43.0 Å². The van der Waals surface area contributed by atoms with Crippen molar-refractivity contribution in [3.8, 4) is 34.5 Å². The monoisotopic (exact) mass is 562 g/mol. The van der Waals surface area contributed by atoms with Gasteiger partial charge in [-0.1, -0.05) is 0 Å². The summed E-state index contributed by atoms with van der Waals surface area (Å²) in [6, 6.07) is 5.02. The number of aromatic hydroxyl groups is 1. The highest BCUT2D eigenvalue weighted by atomic mass is 16.7. The van der Waals surface area contributed by atoms with Crippen LogP contribution in [0, 0.1) is 11.8 Å². The van der Waals surface area contributed by atoms with Gasteiger partial charge < -0.3 is 58.7 Å². The van der Waals surface area contributed by atoms with Gasteiger partial charge in [0, 0.05) is 17.4 Å². The number of ether oxygens (including phenoxy) is 7. The zero-order valence-electron chi connectivity index (χ0n) is 21.7. The van der Waals surface area contributed by atoms with Crippen LogP contribution >= 0.6 is 0 Å². The summed E-state index contributed by atoms with van der Waals surface area (Å²) in [5.41, 5.74) is 1.90. The van der Waals surface area contributed by atoms with E-state index in [0.717, 1.165) is 0 Å². The van der Waals surface area contributed by atoms with Crippen LogP contribution in [0.2, 0.25) is 0 Å². The van der Waals surface area contributed by atoms with Crippen LogP contribution in [-0.2, 0) is 20.7 Å². The average molecular weight is 563 g/mol. The molecular weight excluding hydrogens is 532 g/mol. The molecular formula is C27H30O13. The normalized spacial score (nSPS) is 32.2. The topological polar surface area (TPSA) is 183 Å². The SMILES string of the molecule is COc1cc([C@H]2c3cc4c(c(O[C@H]5O[C@@H](CO)[C@@H](O)[C@@H](O)[C@H]5O)c3C[C@@H]3COC(=O)[C@@H]32)OCO4)cc(OC)c1O. The molecule has 40 heavy (non-hydrogen) atoms. The summed E-state index contributed by atoms with van der Waals surface area (Å²) < 4.78 is 39.4. The van der Waals surface area contributed by atoms with Gasteiger partial charge in [0.2, 0.25) is 24.6 Å². The number of aliphatic hydroxyl groups is 4. The number of aliphatic hydroxyl groups excluding tert-OH is 4. The van der Waals surface area contributed by atoms with E-state index < -0.39 is 49.1 Å². The Kier molecular flexibility index (Phi) is 6.79. The van der Waals surface area contributed by atoms with Gasteiger partial charge in [-0.05, 0) is 35.7 Å². The van der Waals surface area contributed by atoms with Crippen molar-refractivity contribution in [2.75, 3.05) is 34.2 Å². The third-order valence-corrected chi connectivity index (χ3v) is 8.08. The summed E-state index contributed by atoms with van der Waals surface area (Å²) in [7, 11) is 2.81. The third kappa shape index (κ3) is 4.08. The number of carbonyl (C=O) groups excluding carboxylic acids is 1. The predicted molar refractivity (Wildman–Crippen MR) is 132 cm³/mol. The van der Waals surface area contributed by atoms with Crippen LogP contribution in [0.25, 0.3) is 0 Å². The van der Waals surface area contributed by atoms with Crippen LogP contribution < -0.4 is 23.7 Å². The van der Waals surface area contributed by atoms with Gasteiger partial charge in [0.1, 0.15) is 24.4 Å². The second-order valence-electron chi connectivity index (χ2n) is 10.2. The molecule has 8 atom stereocenters. The van der Waals surface area contributed by atoms with Crippen molar-refractivity contribution in [1.29, 1.82) is 0 Å². The molecule has 4 aliphatic rings. The van der Waals surface area contributed by atoms with E-state index in [0.29, 0.717) is 28.9 Å². The van der Waals surface area contributed by atoms with Gasteiger partial charge in [-0.25, -0.2) is 0 Å². The fourth-order valence-corrected chi connectivity index (χ4v) is 6.07. The highest BCUT2D eigenvalue weighted by Crippen LogP contribution is 2.56. The summed E-state index contributed by atoms with van der Waals surface area (Å²) in [4.78, 5) is 13.0. The Morgan fingerprint density at radius 3 is 2.38 bits per heavy atom. The summed E-state index contributed by atoms with van der Waals surface area (Å²) in [5.74, 6) is -0.932. The van der Waals surface area contributed by atoms with Crippen molar-refractivity contribution in [3.05, 3.63) is 34.9 Å². The molecule has 13 nitrogen and oxygen atoms in total. The minimum absolute atomic E-state index is 0.107. The van der Waals surface area contributed by atoms with Crippen molar-refractivity contribution >= 4 is 5.97 Å². The number of methoxy groups -OCH3 is 2. The Hall–Kier alpha value is -3.49. The maximum absolute atomic E-state index is 13.0. The number of phenols is 1. The molecule has 2 saturated heterocycles. The smallest absolute Gasteiger partial charge is 0.310 e. The van der Waals surface area contributed by atoms with Crippen LogP contribution in [0.1, 0.15) is 22.6 Å². The van der Waals surface area contributed by atoms with Gasteiger partial charge in [-0.15, -0.1) is 0 Å². The van der Waals surface area contributed by atoms with Crippen LogP contribution in [0.5, 0.6) is 34.5 Å². The van der Waals surface area contributed by atoms with Gasteiger partial charge in [-0.3, -0.25) is 4.79 Å². The Morgan fingerprint density at radius 1 is 0.975 bits per heavy atom. The molecule has 2 fully saturated rings. The van der Waals surface area contributed by atoms with E-state index >= 15 is 0 Å². The highest BCUT2D eigenvalue weighted by Gasteiger charge is 2.51. The van der Waals surface area contributed by atoms with E-state index in [1.165, 1.54) is 14.2 Å². The van der Waals surface area contributed by atoms with E-state index in [2.05, 4.69) is 0 Å². The molecule has 1 aliphatic carbocycles.